The van der Waals surface area contributed by atoms with E-state index in [0.717, 1.165) is 57.5 Å². The summed E-state index contributed by atoms with van der Waals surface area (Å²) < 4.78 is 5.01. The molecular weight excluding hydrogens is 316 g/mol. The molecular formula is C19H30N4O2. The molecule has 0 aromatic carbocycles. The minimum absolute atomic E-state index is 0.146. The van der Waals surface area contributed by atoms with Crippen LogP contribution in [-0.4, -0.2) is 59.0 Å². The van der Waals surface area contributed by atoms with Gasteiger partial charge < -0.3 is 9.64 Å². The number of rotatable bonds is 4. The van der Waals surface area contributed by atoms with Gasteiger partial charge in [0, 0.05) is 44.1 Å². The number of piperidine rings is 1. The molecule has 1 atom stereocenters. The van der Waals surface area contributed by atoms with E-state index in [1.807, 2.05) is 12.4 Å². The van der Waals surface area contributed by atoms with E-state index >= 15 is 0 Å². The molecule has 2 aliphatic heterocycles. The number of amides is 1. The van der Waals surface area contributed by atoms with E-state index in [1.165, 1.54) is 0 Å². The maximum absolute atomic E-state index is 13.2. The topological polar surface area (TPSA) is 58.6 Å². The SMILES string of the molecule is COc1ncc(CN2CCC3(CCCN(CC(C)(C)C)C3=O)C2)cn1. The third-order valence-corrected chi connectivity index (χ3v) is 5.19. The van der Waals surface area contributed by atoms with Crippen LogP contribution < -0.4 is 4.74 Å². The molecule has 3 rings (SSSR count). The summed E-state index contributed by atoms with van der Waals surface area (Å²) in [5.74, 6) is 0.363. The van der Waals surface area contributed by atoms with Crippen molar-refractivity contribution in [2.24, 2.45) is 10.8 Å². The molecule has 6 heteroatoms. The van der Waals surface area contributed by atoms with Crippen LogP contribution in [0.15, 0.2) is 12.4 Å². The van der Waals surface area contributed by atoms with Gasteiger partial charge in [-0.25, -0.2) is 9.97 Å². The Hall–Kier alpha value is -1.69. The molecule has 2 fully saturated rings. The molecule has 2 aliphatic rings. The van der Waals surface area contributed by atoms with Crippen molar-refractivity contribution in [3.05, 3.63) is 18.0 Å². The highest BCUT2D eigenvalue weighted by Crippen LogP contribution is 2.41. The van der Waals surface area contributed by atoms with Crippen LogP contribution in [0.2, 0.25) is 0 Å². The van der Waals surface area contributed by atoms with Crippen LogP contribution in [-0.2, 0) is 11.3 Å². The summed E-state index contributed by atoms with van der Waals surface area (Å²) in [6.45, 7) is 11.0. The average Bonchev–Trinajstić information content (AvgIpc) is 2.95. The maximum Gasteiger partial charge on any atom is 0.316 e. The number of nitrogens with zero attached hydrogens (tertiary/aromatic N) is 4. The average molecular weight is 346 g/mol. The highest BCUT2D eigenvalue weighted by molar-refractivity contribution is 5.84. The molecule has 2 saturated heterocycles. The Labute approximate surface area is 150 Å². The van der Waals surface area contributed by atoms with Gasteiger partial charge in [-0.15, -0.1) is 0 Å². The molecule has 0 aliphatic carbocycles. The second-order valence-electron chi connectivity index (χ2n) is 8.71. The van der Waals surface area contributed by atoms with Gasteiger partial charge in [-0.1, -0.05) is 20.8 Å². The first-order valence-electron chi connectivity index (χ1n) is 9.18. The van der Waals surface area contributed by atoms with E-state index in [2.05, 4.69) is 40.5 Å². The van der Waals surface area contributed by atoms with Gasteiger partial charge in [-0.05, 0) is 31.2 Å². The first kappa shape index (κ1) is 18.1. The quantitative estimate of drug-likeness (QED) is 0.837. The van der Waals surface area contributed by atoms with Crippen LogP contribution in [0.5, 0.6) is 6.01 Å². The summed E-state index contributed by atoms with van der Waals surface area (Å²) in [4.78, 5) is 26.0. The molecule has 1 spiro atoms. The van der Waals surface area contributed by atoms with Crippen molar-refractivity contribution in [2.45, 2.75) is 46.6 Å². The number of likely N-dealkylation sites (tertiary alicyclic amines) is 2. The number of ether oxygens (including phenoxy) is 1. The van der Waals surface area contributed by atoms with Gasteiger partial charge in [0.25, 0.3) is 0 Å². The zero-order valence-corrected chi connectivity index (χ0v) is 15.9. The Balaban J connectivity index is 1.64. The van der Waals surface area contributed by atoms with E-state index in [-0.39, 0.29) is 10.8 Å². The molecule has 1 aromatic rings. The minimum Gasteiger partial charge on any atom is -0.467 e. The second kappa shape index (κ2) is 6.90. The molecule has 0 radical (unpaired) electrons. The molecule has 3 heterocycles. The molecule has 1 amide bonds. The van der Waals surface area contributed by atoms with E-state index in [9.17, 15) is 4.79 Å². The van der Waals surface area contributed by atoms with Crippen LogP contribution in [0.25, 0.3) is 0 Å². The van der Waals surface area contributed by atoms with E-state index in [1.54, 1.807) is 7.11 Å². The van der Waals surface area contributed by atoms with E-state index < -0.39 is 0 Å². The lowest BCUT2D eigenvalue weighted by molar-refractivity contribution is -0.147. The van der Waals surface area contributed by atoms with Gasteiger partial charge in [0.1, 0.15) is 0 Å². The lowest BCUT2D eigenvalue weighted by Crippen LogP contribution is -2.52. The first-order chi connectivity index (χ1) is 11.8. The fourth-order valence-corrected chi connectivity index (χ4v) is 4.14. The summed E-state index contributed by atoms with van der Waals surface area (Å²) in [6, 6.07) is 0.391. The zero-order chi connectivity index (χ0) is 18.1. The largest absolute Gasteiger partial charge is 0.467 e. The zero-order valence-electron chi connectivity index (χ0n) is 15.9. The van der Waals surface area contributed by atoms with E-state index in [0.29, 0.717) is 11.9 Å². The number of hydrogen-bond donors (Lipinski definition) is 0. The Kier molecular flexibility index (Phi) is 5.00. The molecule has 1 aromatic heterocycles. The molecule has 25 heavy (non-hydrogen) atoms. The number of aromatic nitrogens is 2. The molecule has 1 unspecified atom stereocenters. The number of methoxy groups -OCH3 is 1. The highest BCUT2D eigenvalue weighted by atomic mass is 16.5. The maximum atomic E-state index is 13.2. The van der Waals surface area contributed by atoms with Gasteiger partial charge in [0.15, 0.2) is 0 Å². The van der Waals surface area contributed by atoms with Crippen molar-refractivity contribution in [1.82, 2.24) is 19.8 Å². The van der Waals surface area contributed by atoms with Crippen LogP contribution in [0, 0.1) is 10.8 Å². The monoisotopic (exact) mass is 346 g/mol. The number of hydrogen-bond acceptors (Lipinski definition) is 5. The van der Waals surface area contributed by atoms with Crippen molar-refractivity contribution < 1.29 is 9.53 Å². The molecule has 0 saturated carbocycles. The smallest absolute Gasteiger partial charge is 0.316 e. The standard InChI is InChI=1S/C19H30N4O2/c1-18(2,3)13-23-8-5-6-19(16(23)24)7-9-22(14-19)12-15-10-20-17(25-4)21-11-15/h10-11H,5-9,12-14H2,1-4H3. The third-order valence-electron chi connectivity index (χ3n) is 5.19. The Bertz CT molecular complexity index is 611. The predicted octanol–water partition coefficient (Wildman–Crippen LogP) is 2.35. The number of carbonyl (C=O) groups is 1. The van der Waals surface area contributed by atoms with Crippen molar-refractivity contribution in [3.63, 3.8) is 0 Å². The summed E-state index contributed by atoms with van der Waals surface area (Å²) in [7, 11) is 1.57. The fraction of sp³-hybridized carbons (Fsp3) is 0.737. The van der Waals surface area contributed by atoms with Gasteiger partial charge in [0.05, 0.1) is 12.5 Å². The summed E-state index contributed by atoms with van der Waals surface area (Å²) in [6.07, 6.45) is 6.71. The van der Waals surface area contributed by atoms with Crippen LogP contribution in [0.4, 0.5) is 0 Å². The normalized spacial score (nSPS) is 25.0. The van der Waals surface area contributed by atoms with Crippen molar-refractivity contribution in [3.8, 4) is 6.01 Å². The fourth-order valence-electron chi connectivity index (χ4n) is 4.14. The highest BCUT2D eigenvalue weighted by Gasteiger charge is 2.48. The molecule has 138 valence electrons. The molecule has 6 nitrogen and oxygen atoms in total. The summed E-state index contributed by atoms with van der Waals surface area (Å²) >= 11 is 0. The first-order valence-corrected chi connectivity index (χ1v) is 9.18. The van der Waals surface area contributed by atoms with Crippen molar-refractivity contribution in [1.29, 1.82) is 0 Å². The van der Waals surface area contributed by atoms with Gasteiger partial charge in [-0.3, -0.25) is 9.69 Å². The number of carbonyl (C=O) groups excluding carboxylic acids is 1. The van der Waals surface area contributed by atoms with Gasteiger partial charge >= 0.3 is 6.01 Å². The summed E-state index contributed by atoms with van der Waals surface area (Å²) in [5.41, 5.74) is 1.02. The van der Waals surface area contributed by atoms with Crippen LogP contribution in [0.1, 0.15) is 45.6 Å². The van der Waals surface area contributed by atoms with Crippen molar-refractivity contribution >= 4 is 5.91 Å². The lowest BCUT2D eigenvalue weighted by Gasteiger charge is -2.42. The van der Waals surface area contributed by atoms with Crippen molar-refractivity contribution in [2.75, 3.05) is 33.3 Å². The van der Waals surface area contributed by atoms with Crippen LogP contribution >= 0.6 is 0 Å². The molecule has 0 N–H and O–H groups in total. The predicted molar refractivity (Wildman–Crippen MR) is 96.2 cm³/mol. The second-order valence-corrected chi connectivity index (χ2v) is 8.71. The Morgan fingerprint density at radius 3 is 2.56 bits per heavy atom. The van der Waals surface area contributed by atoms with Gasteiger partial charge in [-0.2, -0.15) is 0 Å². The van der Waals surface area contributed by atoms with Gasteiger partial charge in [0.2, 0.25) is 5.91 Å². The third kappa shape index (κ3) is 4.11. The van der Waals surface area contributed by atoms with E-state index in [4.69, 9.17) is 4.74 Å². The summed E-state index contributed by atoms with van der Waals surface area (Å²) in [5, 5.41) is 0. The van der Waals surface area contributed by atoms with Crippen LogP contribution in [0.3, 0.4) is 0 Å². The minimum atomic E-state index is -0.184. The Morgan fingerprint density at radius 2 is 1.92 bits per heavy atom. The lowest BCUT2D eigenvalue weighted by atomic mass is 9.77. The molecule has 0 bridgehead atoms. The Morgan fingerprint density at radius 1 is 1.20 bits per heavy atom.